The van der Waals surface area contributed by atoms with E-state index >= 15 is 0 Å². The van der Waals surface area contributed by atoms with Gasteiger partial charge in [0, 0.05) is 16.7 Å². The molecule has 0 atom stereocenters. The molecule has 1 N–H and O–H groups in total. The largest absolute Gasteiger partial charge is 0.494 e. The van der Waals surface area contributed by atoms with Gasteiger partial charge in [0.15, 0.2) is 23.2 Å². The van der Waals surface area contributed by atoms with E-state index in [4.69, 9.17) is 9.84 Å². The summed E-state index contributed by atoms with van der Waals surface area (Å²) in [6, 6.07) is 11.9. The Morgan fingerprint density at radius 2 is 1.50 bits per heavy atom. The Bertz CT molecular complexity index is 1030. The van der Waals surface area contributed by atoms with E-state index < -0.39 is 29.9 Å². The van der Waals surface area contributed by atoms with Crippen LogP contribution in [0.2, 0.25) is 0 Å². The summed E-state index contributed by atoms with van der Waals surface area (Å²) in [6.07, 6.45) is 2.95. The molecule has 144 valence electrons. The van der Waals surface area contributed by atoms with Crippen molar-refractivity contribution in [1.82, 2.24) is 0 Å². The summed E-state index contributed by atoms with van der Waals surface area (Å²) in [5, 5.41) is 8.95. The quantitative estimate of drug-likeness (QED) is 0.457. The third-order valence-electron chi connectivity index (χ3n) is 4.31. The summed E-state index contributed by atoms with van der Waals surface area (Å²) in [7, 11) is 1.25. The molecule has 0 aliphatic carbocycles. The highest BCUT2D eigenvalue weighted by atomic mass is 19.2. The van der Waals surface area contributed by atoms with Crippen molar-refractivity contribution in [1.29, 1.82) is 0 Å². The van der Waals surface area contributed by atoms with Crippen molar-refractivity contribution in [3.63, 3.8) is 0 Å². The average Bonchev–Trinajstić information content (AvgIpc) is 2.72. The Hall–Kier alpha value is -3.12. The van der Waals surface area contributed by atoms with Crippen LogP contribution < -0.4 is 4.74 Å². The van der Waals surface area contributed by atoms with Crippen molar-refractivity contribution in [2.45, 2.75) is 6.61 Å². The number of hydrogen-bond donors (Lipinski definition) is 1. The summed E-state index contributed by atoms with van der Waals surface area (Å²) >= 11 is 0. The van der Waals surface area contributed by atoms with Gasteiger partial charge in [-0.1, -0.05) is 48.6 Å². The van der Waals surface area contributed by atoms with Crippen LogP contribution in [0.4, 0.5) is 17.6 Å². The first-order valence-corrected chi connectivity index (χ1v) is 8.34. The number of aliphatic hydroxyl groups excluding tert-OH is 1. The highest BCUT2D eigenvalue weighted by molar-refractivity contribution is 5.73. The molecule has 0 aliphatic rings. The maximum absolute atomic E-state index is 14.2. The molecule has 0 aliphatic heterocycles. The summed E-state index contributed by atoms with van der Waals surface area (Å²) in [5.41, 5.74) is 1.11. The lowest BCUT2D eigenvalue weighted by molar-refractivity contribution is 0.273. The Morgan fingerprint density at radius 1 is 0.786 bits per heavy atom. The molecule has 0 unspecified atom stereocenters. The smallest absolute Gasteiger partial charge is 0.201 e. The van der Waals surface area contributed by atoms with Gasteiger partial charge in [-0.2, -0.15) is 4.39 Å². The molecule has 6 heteroatoms. The van der Waals surface area contributed by atoms with Crippen LogP contribution in [0.1, 0.15) is 16.7 Å². The van der Waals surface area contributed by atoms with Crippen LogP contribution in [0.25, 0.3) is 23.3 Å². The van der Waals surface area contributed by atoms with E-state index in [0.29, 0.717) is 11.1 Å². The summed E-state index contributed by atoms with van der Waals surface area (Å²) in [4.78, 5) is 0. The van der Waals surface area contributed by atoms with Gasteiger partial charge in [-0.25, -0.2) is 13.2 Å². The van der Waals surface area contributed by atoms with Crippen LogP contribution in [0.15, 0.2) is 48.5 Å². The van der Waals surface area contributed by atoms with Crippen molar-refractivity contribution >= 4 is 12.2 Å². The monoisotopic (exact) mass is 388 g/mol. The van der Waals surface area contributed by atoms with Gasteiger partial charge >= 0.3 is 0 Å². The number of hydrogen-bond acceptors (Lipinski definition) is 2. The van der Waals surface area contributed by atoms with Crippen LogP contribution in [-0.4, -0.2) is 12.2 Å². The van der Waals surface area contributed by atoms with E-state index in [-0.39, 0.29) is 22.4 Å². The summed E-state index contributed by atoms with van der Waals surface area (Å²) in [5.74, 6) is -4.38. The van der Waals surface area contributed by atoms with E-state index in [0.717, 1.165) is 0 Å². The zero-order valence-corrected chi connectivity index (χ0v) is 14.8. The van der Waals surface area contributed by atoms with Gasteiger partial charge in [0.05, 0.1) is 13.7 Å². The van der Waals surface area contributed by atoms with Gasteiger partial charge in [0.25, 0.3) is 0 Å². The zero-order valence-electron chi connectivity index (χ0n) is 14.8. The van der Waals surface area contributed by atoms with Gasteiger partial charge in [0.1, 0.15) is 0 Å². The summed E-state index contributed by atoms with van der Waals surface area (Å²) in [6.45, 7) is -0.587. The fourth-order valence-electron chi connectivity index (χ4n) is 2.73. The van der Waals surface area contributed by atoms with Crippen LogP contribution in [0.3, 0.4) is 0 Å². The first kappa shape index (κ1) is 19.6. The third kappa shape index (κ3) is 3.77. The lowest BCUT2D eigenvalue weighted by Gasteiger charge is -2.08. The van der Waals surface area contributed by atoms with Crippen molar-refractivity contribution in [3.05, 3.63) is 88.5 Å². The number of halogens is 4. The highest BCUT2D eigenvalue weighted by Gasteiger charge is 2.15. The fraction of sp³-hybridized carbons (Fsp3) is 0.0909. The molecule has 0 fully saturated rings. The molecule has 3 rings (SSSR count). The Morgan fingerprint density at radius 3 is 2.14 bits per heavy atom. The fourth-order valence-corrected chi connectivity index (χ4v) is 2.73. The van der Waals surface area contributed by atoms with Gasteiger partial charge in [-0.15, -0.1) is 0 Å². The maximum atomic E-state index is 14.2. The van der Waals surface area contributed by atoms with Gasteiger partial charge in [-0.05, 0) is 23.3 Å². The molecule has 28 heavy (non-hydrogen) atoms. The number of rotatable bonds is 5. The molecule has 3 aromatic carbocycles. The number of methoxy groups -OCH3 is 1. The van der Waals surface area contributed by atoms with Crippen LogP contribution in [0, 0.1) is 23.3 Å². The Kier molecular flexibility index (Phi) is 5.80. The standard InChI is InChI=1S/C22H16F4O2/c1-28-18-11-10-17(21(25)22(18)26)14-5-2-13(3-6-14)4-7-15-8-9-16(12-27)20(24)19(15)23/h2-11,27H,12H2,1H3. The minimum atomic E-state index is -1.09. The summed E-state index contributed by atoms with van der Waals surface area (Å²) < 4.78 is 60.5. The minimum absolute atomic E-state index is 0.0297. The molecule has 3 aromatic rings. The molecule has 0 heterocycles. The Balaban J connectivity index is 1.85. The normalized spacial score (nSPS) is 11.2. The topological polar surface area (TPSA) is 29.5 Å². The molecule has 0 amide bonds. The highest BCUT2D eigenvalue weighted by Crippen LogP contribution is 2.30. The van der Waals surface area contributed by atoms with E-state index in [1.807, 2.05) is 0 Å². The first-order valence-electron chi connectivity index (χ1n) is 8.34. The van der Waals surface area contributed by atoms with Crippen LogP contribution in [-0.2, 0) is 6.61 Å². The van der Waals surface area contributed by atoms with Crippen molar-refractivity contribution in [3.8, 4) is 16.9 Å². The van der Waals surface area contributed by atoms with E-state index in [1.54, 1.807) is 30.3 Å². The van der Waals surface area contributed by atoms with Gasteiger partial charge in [0.2, 0.25) is 5.82 Å². The molecular weight excluding hydrogens is 372 g/mol. The lowest BCUT2D eigenvalue weighted by Crippen LogP contribution is -1.96. The maximum Gasteiger partial charge on any atom is 0.201 e. The SMILES string of the molecule is COc1ccc(-c2ccc(C=Cc3ccc(CO)c(F)c3F)cc2)c(F)c1F. The second-order valence-corrected chi connectivity index (χ2v) is 6.00. The van der Waals surface area contributed by atoms with Gasteiger partial charge < -0.3 is 9.84 Å². The van der Waals surface area contributed by atoms with Crippen LogP contribution >= 0.6 is 0 Å². The second-order valence-electron chi connectivity index (χ2n) is 6.00. The predicted octanol–water partition coefficient (Wildman–Crippen LogP) is 5.58. The second kappa shape index (κ2) is 8.27. The van der Waals surface area contributed by atoms with Crippen molar-refractivity contribution in [2.75, 3.05) is 7.11 Å². The molecule has 0 spiro atoms. The van der Waals surface area contributed by atoms with Crippen LogP contribution in [0.5, 0.6) is 5.75 Å². The predicted molar refractivity (Wildman–Crippen MR) is 99.6 cm³/mol. The number of ether oxygens (including phenoxy) is 1. The lowest BCUT2D eigenvalue weighted by atomic mass is 10.0. The average molecular weight is 388 g/mol. The molecular formula is C22H16F4O2. The molecule has 0 bridgehead atoms. The Labute approximate surface area is 159 Å². The van der Waals surface area contributed by atoms with Crippen molar-refractivity contribution in [2.24, 2.45) is 0 Å². The minimum Gasteiger partial charge on any atom is -0.494 e. The zero-order chi connectivity index (χ0) is 20.3. The molecule has 0 saturated heterocycles. The first-order chi connectivity index (χ1) is 13.5. The van der Waals surface area contributed by atoms with E-state index in [1.165, 1.54) is 37.5 Å². The molecule has 0 aromatic heterocycles. The molecule has 0 radical (unpaired) electrons. The van der Waals surface area contributed by atoms with E-state index in [9.17, 15) is 17.6 Å². The molecule has 0 saturated carbocycles. The van der Waals surface area contributed by atoms with Crippen molar-refractivity contribution < 1.29 is 27.4 Å². The van der Waals surface area contributed by atoms with E-state index in [2.05, 4.69) is 0 Å². The third-order valence-corrected chi connectivity index (χ3v) is 4.31. The number of aliphatic hydroxyl groups is 1. The molecule has 2 nitrogen and oxygen atoms in total. The van der Waals surface area contributed by atoms with Gasteiger partial charge in [-0.3, -0.25) is 0 Å². The number of benzene rings is 3.